The van der Waals surface area contributed by atoms with E-state index in [9.17, 15) is 5.11 Å². The maximum absolute atomic E-state index is 9.35. The lowest BCUT2D eigenvalue weighted by atomic mass is 10.2. The SMILES string of the molecule is CC(C)(O)c1nnc(Cl)s1. The van der Waals surface area contributed by atoms with Gasteiger partial charge in [-0.1, -0.05) is 11.3 Å². The Kier molecular flexibility index (Phi) is 1.94. The van der Waals surface area contributed by atoms with E-state index in [1.165, 1.54) is 11.3 Å². The Balaban J connectivity index is 2.96. The van der Waals surface area contributed by atoms with Gasteiger partial charge in [0, 0.05) is 0 Å². The molecule has 0 aliphatic rings. The molecule has 0 radical (unpaired) electrons. The largest absolute Gasteiger partial charge is 0.383 e. The summed E-state index contributed by atoms with van der Waals surface area (Å²) < 4.78 is 0.358. The zero-order valence-corrected chi connectivity index (χ0v) is 7.20. The van der Waals surface area contributed by atoms with E-state index in [1.54, 1.807) is 13.8 Å². The van der Waals surface area contributed by atoms with Crippen LogP contribution in [0.3, 0.4) is 0 Å². The predicted molar refractivity (Wildman–Crippen MR) is 40.2 cm³/mol. The third kappa shape index (κ3) is 1.65. The molecule has 0 fully saturated rings. The third-order valence-corrected chi connectivity index (χ3v) is 2.26. The smallest absolute Gasteiger partial charge is 0.207 e. The minimum atomic E-state index is -0.926. The third-order valence-electron chi connectivity index (χ3n) is 0.924. The molecule has 1 aromatic rings. The second-order valence-electron chi connectivity index (χ2n) is 2.42. The van der Waals surface area contributed by atoms with Crippen LogP contribution in [-0.4, -0.2) is 15.3 Å². The van der Waals surface area contributed by atoms with Gasteiger partial charge in [0.05, 0.1) is 0 Å². The van der Waals surface area contributed by atoms with Gasteiger partial charge in [-0.25, -0.2) is 0 Å². The minimum absolute atomic E-state index is 0.358. The lowest BCUT2D eigenvalue weighted by Gasteiger charge is -2.10. The fourth-order valence-corrected chi connectivity index (χ4v) is 1.28. The fourth-order valence-electron chi connectivity index (χ4n) is 0.453. The number of halogens is 1. The summed E-state index contributed by atoms with van der Waals surface area (Å²) in [7, 11) is 0. The van der Waals surface area contributed by atoms with Crippen molar-refractivity contribution in [2.45, 2.75) is 19.4 Å². The second-order valence-corrected chi connectivity index (χ2v) is 3.98. The molecule has 0 aliphatic heterocycles. The van der Waals surface area contributed by atoms with E-state index in [0.29, 0.717) is 9.47 Å². The highest BCUT2D eigenvalue weighted by Gasteiger charge is 2.20. The van der Waals surface area contributed by atoms with Crippen LogP contribution >= 0.6 is 22.9 Å². The molecule has 1 N–H and O–H groups in total. The number of hydrogen-bond donors (Lipinski definition) is 1. The molecule has 56 valence electrons. The maximum atomic E-state index is 9.35. The zero-order valence-electron chi connectivity index (χ0n) is 5.63. The van der Waals surface area contributed by atoms with Crippen molar-refractivity contribution in [1.29, 1.82) is 0 Å². The van der Waals surface area contributed by atoms with Crippen LogP contribution in [0, 0.1) is 0 Å². The molecule has 0 amide bonds. The van der Waals surface area contributed by atoms with Crippen LogP contribution in [0.4, 0.5) is 0 Å². The van der Waals surface area contributed by atoms with Gasteiger partial charge >= 0.3 is 0 Å². The van der Waals surface area contributed by atoms with Crippen LogP contribution in [-0.2, 0) is 5.60 Å². The molecule has 1 rings (SSSR count). The van der Waals surface area contributed by atoms with Crippen molar-refractivity contribution in [3.05, 3.63) is 9.47 Å². The summed E-state index contributed by atoms with van der Waals surface area (Å²) in [6, 6.07) is 0. The molecule has 3 nitrogen and oxygen atoms in total. The highest BCUT2D eigenvalue weighted by atomic mass is 35.5. The van der Waals surface area contributed by atoms with Crippen molar-refractivity contribution in [3.8, 4) is 0 Å². The van der Waals surface area contributed by atoms with Crippen molar-refractivity contribution in [1.82, 2.24) is 10.2 Å². The van der Waals surface area contributed by atoms with E-state index in [-0.39, 0.29) is 0 Å². The topological polar surface area (TPSA) is 46.0 Å². The molecule has 0 saturated carbocycles. The number of nitrogens with zero attached hydrogens (tertiary/aromatic N) is 2. The molecule has 0 unspecified atom stereocenters. The summed E-state index contributed by atoms with van der Waals surface area (Å²) in [4.78, 5) is 0. The van der Waals surface area contributed by atoms with E-state index in [1.807, 2.05) is 0 Å². The van der Waals surface area contributed by atoms with E-state index < -0.39 is 5.60 Å². The predicted octanol–water partition coefficient (Wildman–Crippen LogP) is 1.42. The van der Waals surface area contributed by atoms with Gasteiger partial charge in [-0.05, 0) is 25.4 Å². The maximum Gasteiger partial charge on any atom is 0.207 e. The Morgan fingerprint density at radius 3 is 2.30 bits per heavy atom. The summed E-state index contributed by atoms with van der Waals surface area (Å²) in [6.07, 6.45) is 0. The first-order chi connectivity index (χ1) is 4.50. The van der Waals surface area contributed by atoms with Gasteiger partial charge in [-0.15, -0.1) is 10.2 Å². The normalized spacial score (nSPS) is 12.0. The summed E-state index contributed by atoms with van der Waals surface area (Å²) in [5.74, 6) is 0. The molecule has 0 atom stereocenters. The molecule has 1 aromatic heterocycles. The summed E-state index contributed by atoms with van der Waals surface area (Å²) >= 11 is 6.69. The summed E-state index contributed by atoms with van der Waals surface area (Å²) in [5, 5.41) is 17.1. The highest BCUT2D eigenvalue weighted by Crippen LogP contribution is 2.25. The number of aromatic nitrogens is 2. The summed E-state index contributed by atoms with van der Waals surface area (Å²) in [6.45, 7) is 3.29. The van der Waals surface area contributed by atoms with E-state index >= 15 is 0 Å². The van der Waals surface area contributed by atoms with Crippen LogP contribution in [0.2, 0.25) is 4.47 Å². The lowest BCUT2D eigenvalue weighted by molar-refractivity contribution is 0.0775. The number of hydrogen-bond acceptors (Lipinski definition) is 4. The van der Waals surface area contributed by atoms with E-state index in [0.717, 1.165) is 0 Å². The van der Waals surface area contributed by atoms with Gasteiger partial charge in [0.25, 0.3) is 0 Å². The van der Waals surface area contributed by atoms with Gasteiger partial charge in [-0.2, -0.15) is 0 Å². The molecule has 0 aromatic carbocycles. The van der Waals surface area contributed by atoms with Crippen molar-refractivity contribution >= 4 is 22.9 Å². The molecular formula is C5H7ClN2OS. The quantitative estimate of drug-likeness (QED) is 0.708. The van der Waals surface area contributed by atoms with Gasteiger partial charge in [0.1, 0.15) is 10.6 Å². The average molecular weight is 179 g/mol. The zero-order chi connectivity index (χ0) is 7.78. The molecule has 0 aliphatic carbocycles. The number of rotatable bonds is 1. The first kappa shape index (κ1) is 7.91. The molecule has 1 heterocycles. The van der Waals surface area contributed by atoms with Crippen molar-refractivity contribution in [2.24, 2.45) is 0 Å². The monoisotopic (exact) mass is 178 g/mol. The van der Waals surface area contributed by atoms with Crippen LogP contribution in [0.1, 0.15) is 18.9 Å². The van der Waals surface area contributed by atoms with Crippen molar-refractivity contribution in [2.75, 3.05) is 0 Å². The molecule has 0 spiro atoms. The van der Waals surface area contributed by atoms with Gasteiger partial charge in [0.2, 0.25) is 4.47 Å². The number of aliphatic hydroxyl groups is 1. The van der Waals surface area contributed by atoms with Gasteiger partial charge < -0.3 is 5.11 Å². The molecule has 0 bridgehead atoms. The average Bonchev–Trinajstić information content (AvgIpc) is 2.11. The second kappa shape index (κ2) is 2.45. The van der Waals surface area contributed by atoms with Crippen LogP contribution < -0.4 is 0 Å². The minimum Gasteiger partial charge on any atom is -0.383 e. The lowest BCUT2D eigenvalue weighted by Crippen LogP contribution is -2.14. The van der Waals surface area contributed by atoms with Crippen molar-refractivity contribution in [3.63, 3.8) is 0 Å². The van der Waals surface area contributed by atoms with Gasteiger partial charge in [-0.3, -0.25) is 0 Å². The first-order valence-electron chi connectivity index (χ1n) is 2.72. The van der Waals surface area contributed by atoms with E-state index in [2.05, 4.69) is 10.2 Å². The Bertz CT molecular complexity index is 230. The Labute approximate surface area is 67.7 Å². The fraction of sp³-hybridized carbons (Fsp3) is 0.600. The summed E-state index contributed by atoms with van der Waals surface area (Å²) in [5.41, 5.74) is -0.926. The molecular weight excluding hydrogens is 172 g/mol. The standard InChI is InChI=1S/C5H7ClN2OS/c1-5(2,9)3-7-8-4(6)10-3/h9H,1-2H3. The Morgan fingerprint density at radius 1 is 1.50 bits per heavy atom. The Hall–Kier alpha value is -0.190. The Morgan fingerprint density at radius 2 is 2.10 bits per heavy atom. The van der Waals surface area contributed by atoms with Crippen LogP contribution in [0.25, 0.3) is 0 Å². The van der Waals surface area contributed by atoms with E-state index in [4.69, 9.17) is 11.6 Å². The van der Waals surface area contributed by atoms with Crippen LogP contribution in [0.5, 0.6) is 0 Å². The highest BCUT2D eigenvalue weighted by molar-refractivity contribution is 7.15. The van der Waals surface area contributed by atoms with Gasteiger partial charge in [0.15, 0.2) is 0 Å². The molecule has 5 heteroatoms. The first-order valence-corrected chi connectivity index (χ1v) is 3.91. The molecule has 0 saturated heterocycles. The molecule has 10 heavy (non-hydrogen) atoms. The van der Waals surface area contributed by atoms with Crippen LogP contribution in [0.15, 0.2) is 0 Å². The van der Waals surface area contributed by atoms with Crippen molar-refractivity contribution < 1.29 is 5.11 Å².